The number of carboxylic acid groups (broad SMARTS) is 1. The normalized spacial score (nSPS) is 19.6. The minimum absolute atomic E-state index is 0.0769. The van der Waals surface area contributed by atoms with Gasteiger partial charge in [-0.15, -0.1) is 11.5 Å². The quantitative estimate of drug-likeness (QED) is 0.173. The number of piperidine rings is 1. The van der Waals surface area contributed by atoms with Crippen molar-refractivity contribution in [2.75, 3.05) is 11.4 Å². The highest BCUT2D eigenvalue weighted by atomic mass is 28.3. The van der Waals surface area contributed by atoms with Gasteiger partial charge in [0, 0.05) is 17.8 Å². The van der Waals surface area contributed by atoms with E-state index < -0.39 is 37.2 Å². The van der Waals surface area contributed by atoms with Crippen LogP contribution >= 0.6 is 0 Å². The third-order valence-electron chi connectivity index (χ3n) is 5.40. The first kappa shape index (κ1) is 24.3. The van der Waals surface area contributed by atoms with E-state index in [1.807, 2.05) is 19.6 Å². The number of carbonyl (C=O) groups is 3. The Hall–Kier alpha value is -2.96. The van der Waals surface area contributed by atoms with Gasteiger partial charge in [-0.1, -0.05) is 19.6 Å². The summed E-state index contributed by atoms with van der Waals surface area (Å²) in [6, 6.07) is 6.68. The number of nitrogens with one attached hydrogen (secondary N) is 1. The van der Waals surface area contributed by atoms with E-state index in [9.17, 15) is 19.5 Å². The zero-order valence-corrected chi connectivity index (χ0v) is 19.4. The molecule has 6 N–H and O–H groups in total. The Bertz CT molecular complexity index is 942. The third-order valence-corrected chi connectivity index (χ3v) is 6.30. The van der Waals surface area contributed by atoms with Crippen molar-refractivity contribution in [1.82, 2.24) is 0 Å². The van der Waals surface area contributed by atoms with Crippen LogP contribution in [0.2, 0.25) is 19.6 Å². The number of ketones is 1. The minimum Gasteiger partial charge on any atom is -0.480 e. The molecule has 1 aromatic rings. The van der Waals surface area contributed by atoms with Crippen molar-refractivity contribution in [3.63, 3.8) is 0 Å². The van der Waals surface area contributed by atoms with E-state index in [1.165, 1.54) is 0 Å². The second-order valence-corrected chi connectivity index (χ2v) is 13.7. The van der Waals surface area contributed by atoms with E-state index >= 15 is 0 Å². The fourth-order valence-corrected chi connectivity index (χ4v) is 4.21. The molecule has 1 aromatic carbocycles. The molecule has 8 nitrogen and oxygen atoms in total. The summed E-state index contributed by atoms with van der Waals surface area (Å²) in [7, 11) is -1.93. The molecule has 1 saturated heterocycles. The number of amides is 1. The monoisotopic (exact) mass is 442 g/mol. The number of Topliss-reactive ketones (excluding diaryl/α,β-unsaturated/α-hetero) is 1. The third kappa shape index (κ3) is 5.21. The van der Waals surface area contributed by atoms with Crippen molar-refractivity contribution in [2.24, 2.45) is 23.3 Å². The average molecular weight is 443 g/mol. The molecule has 1 aliphatic rings. The smallest absolute Gasteiger partial charge is 0.332 e. The fraction of sp³-hybridized carbons (Fsp3) is 0.455. The average Bonchev–Trinajstić information content (AvgIpc) is 2.67. The van der Waals surface area contributed by atoms with Gasteiger partial charge in [-0.2, -0.15) is 0 Å². The number of hydrogen-bond donors (Lipinski definition) is 4. The van der Waals surface area contributed by atoms with Gasteiger partial charge in [0.1, 0.15) is 13.9 Å². The fourth-order valence-electron chi connectivity index (χ4n) is 3.62. The predicted molar refractivity (Wildman–Crippen MR) is 122 cm³/mol. The van der Waals surface area contributed by atoms with E-state index in [-0.39, 0.29) is 11.7 Å². The van der Waals surface area contributed by atoms with Crippen LogP contribution in [-0.4, -0.2) is 48.8 Å². The van der Waals surface area contributed by atoms with E-state index in [4.69, 9.17) is 16.9 Å². The maximum Gasteiger partial charge on any atom is 0.332 e. The molecule has 0 radical (unpaired) electrons. The molecule has 3 atom stereocenters. The van der Waals surface area contributed by atoms with Crippen LogP contribution in [-0.2, 0) is 14.4 Å². The van der Waals surface area contributed by atoms with E-state index in [0.29, 0.717) is 30.6 Å². The molecular weight excluding hydrogens is 412 g/mol. The molecule has 9 heteroatoms. The summed E-state index contributed by atoms with van der Waals surface area (Å²) < 4.78 is 0. The van der Waals surface area contributed by atoms with E-state index in [2.05, 4.69) is 11.5 Å². The number of nitrogen functional groups attached to an aromatic ring is 1. The first-order valence-electron chi connectivity index (χ1n) is 10.1. The van der Waals surface area contributed by atoms with Crippen LogP contribution in [0.1, 0.15) is 25.3 Å². The second-order valence-electron chi connectivity index (χ2n) is 8.93. The van der Waals surface area contributed by atoms with Crippen molar-refractivity contribution in [3.05, 3.63) is 29.8 Å². The van der Waals surface area contributed by atoms with Crippen molar-refractivity contribution in [2.45, 2.75) is 44.9 Å². The number of carbonyl (C=O) groups excluding carboxylic acids is 2. The summed E-state index contributed by atoms with van der Waals surface area (Å²) in [5.74, 6) is -1.61. The zero-order valence-electron chi connectivity index (χ0n) is 18.4. The van der Waals surface area contributed by atoms with Gasteiger partial charge < -0.3 is 21.5 Å². The highest BCUT2D eigenvalue weighted by Crippen LogP contribution is 2.34. The molecule has 0 spiro atoms. The molecule has 3 unspecified atom stereocenters. The van der Waals surface area contributed by atoms with Crippen molar-refractivity contribution >= 4 is 37.3 Å². The Balaban J connectivity index is 2.51. The number of amidine groups is 1. The van der Waals surface area contributed by atoms with Gasteiger partial charge in [0.05, 0.1) is 11.8 Å². The van der Waals surface area contributed by atoms with Gasteiger partial charge in [0.2, 0.25) is 5.91 Å². The first-order chi connectivity index (χ1) is 14.3. The number of hydrogen-bond acceptors (Lipinski definition) is 5. The van der Waals surface area contributed by atoms with Gasteiger partial charge in [-0.3, -0.25) is 15.0 Å². The summed E-state index contributed by atoms with van der Waals surface area (Å²) >= 11 is 0. The molecular formula is C22H30N4O4Si. The second kappa shape index (κ2) is 9.04. The van der Waals surface area contributed by atoms with Crippen molar-refractivity contribution in [3.8, 4) is 11.5 Å². The topological polar surface area (TPSA) is 151 Å². The largest absolute Gasteiger partial charge is 0.480 e. The van der Waals surface area contributed by atoms with Crippen LogP contribution in [0.3, 0.4) is 0 Å². The molecule has 1 aliphatic heterocycles. The maximum absolute atomic E-state index is 13.4. The Labute approximate surface area is 183 Å². The summed E-state index contributed by atoms with van der Waals surface area (Å²) in [5.41, 5.74) is 13.6. The number of nitrogens with two attached hydrogens (primary N) is 2. The van der Waals surface area contributed by atoms with Gasteiger partial charge in [-0.05, 0) is 44.0 Å². The first-order valence-corrected chi connectivity index (χ1v) is 13.6. The Morgan fingerprint density at radius 3 is 2.32 bits per heavy atom. The van der Waals surface area contributed by atoms with E-state index in [0.717, 1.165) is 6.92 Å². The molecule has 1 heterocycles. The van der Waals surface area contributed by atoms with Gasteiger partial charge in [0.25, 0.3) is 0 Å². The number of carboxylic acids is 1. The summed E-state index contributed by atoms with van der Waals surface area (Å²) in [5, 5.41) is 17.3. The van der Waals surface area contributed by atoms with Crippen molar-refractivity contribution < 1.29 is 19.5 Å². The number of benzene rings is 1. The summed E-state index contributed by atoms with van der Waals surface area (Å²) in [6.07, 6.45) is 1.01. The van der Waals surface area contributed by atoms with Gasteiger partial charge in [0.15, 0.2) is 11.3 Å². The number of rotatable bonds is 6. The van der Waals surface area contributed by atoms with Crippen molar-refractivity contribution in [1.29, 1.82) is 5.41 Å². The van der Waals surface area contributed by atoms with Crippen LogP contribution in [0, 0.1) is 28.7 Å². The Morgan fingerprint density at radius 1 is 1.29 bits per heavy atom. The molecule has 2 rings (SSSR count). The van der Waals surface area contributed by atoms with Crippen LogP contribution in [0.15, 0.2) is 24.3 Å². The molecule has 31 heavy (non-hydrogen) atoms. The lowest BCUT2D eigenvalue weighted by atomic mass is 9.71. The SMILES string of the molecule is CC(=O)C(N)(C(=O)O)C(C#C[Si](C)(C)C)C1CCCN(c2ccc(C(=N)N)cc2)C1=O. The summed E-state index contributed by atoms with van der Waals surface area (Å²) in [6.45, 7) is 7.57. The number of nitrogens with zero attached hydrogens (tertiary/aromatic N) is 1. The zero-order chi connectivity index (χ0) is 23.6. The Kier molecular flexibility index (Phi) is 7.09. The summed E-state index contributed by atoms with van der Waals surface area (Å²) in [4.78, 5) is 39.4. The molecule has 0 aromatic heterocycles. The van der Waals surface area contributed by atoms with E-state index in [1.54, 1.807) is 29.2 Å². The highest BCUT2D eigenvalue weighted by molar-refractivity contribution is 6.83. The van der Waals surface area contributed by atoms with Crippen LogP contribution in [0.5, 0.6) is 0 Å². The number of aliphatic carboxylic acids is 1. The van der Waals surface area contributed by atoms with Crippen LogP contribution in [0.25, 0.3) is 0 Å². The molecule has 0 aliphatic carbocycles. The number of anilines is 1. The molecule has 1 fully saturated rings. The molecule has 0 saturated carbocycles. The molecule has 0 bridgehead atoms. The minimum atomic E-state index is -2.27. The standard InChI is InChI=1S/C22H30N4O4Si/c1-14(27)22(25,21(29)30)18(11-13-31(2,3)4)17-6-5-12-26(20(17)28)16-9-7-15(8-10-16)19(23)24/h7-10,17-18H,5-6,12,25H2,1-4H3,(H3,23,24)(H,29,30). The van der Waals surface area contributed by atoms with Gasteiger partial charge >= 0.3 is 5.97 Å². The highest BCUT2D eigenvalue weighted by Gasteiger charge is 2.52. The lowest BCUT2D eigenvalue weighted by molar-refractivity contribution is -0.150. The lowest BCUT2D eigenvalue weighted by Gasteiger charge is -2.39. The van der Waals surface area contributed by atoms with Crippen LogP contribution in [0.4, 0.5) is 5.69 Å². The Morgan fingerprint density at radius 2 is 1.87 bits per heavy atom. The molecule has 166 valence electrons. The predicted octanol–water partition coefficient (Wildman–Crippen LogP) is 1.58. The van der Waals surface area contributed by atoms with Crippen LogP contribution < -0.4 is 16.4 Å². The maximum atomic E-state index is 13.4. The molecule has 1 amide bonds. The van der Waals surface area contributed by atoms with Gasteiger partial charge in [-0.25, -0.2) is 4.79 Å². The lowest BCUT2D eigenvalue weighted by Crippen LogP contribution is -2.63.